The lowest BCUT2D eigenvalue weighted by atomic mass is 9.93. The fourth-order valence-electron chi connectivity index (χ4n) is 4.90. The van der Waals surface area contributed by atoms with Crippen molar-refractivity contribution < 1.29 is 14.6 Å². The van der Waals surface area contributed by atoms with Gasteiger partial charge in [0.2, 0.25) is 0 Å². The van der Waals surface area contributed by atoms with Crippen LogP contribution in [0.3, 0.4) is 0 Å². The monoisotopic (exact) mass is 467 g/mol. The van der Waals surface area contributed by atoms with E-state index < -0.39 is 0 Å². The Kier molecular flexibility index (Phi) is 6.03. The SMILES string of the molecule is CCCOc1ccc(C2c3c(-c4c(C)cc(C)cc4O)n[nH]c3C(=O)N2Cc2ccccc2)cc1. The molecule has 0 radical (unpaired) electrons. The van der Waals surface area contributed by atoms with Gasteiger partial charge in [-0.15, -0.1) is 0 Å². The molecule has 6 nitrogen and oxygen atoms in total. The van der Waals surface area contributed by atoms with Crippen molar-refractivity contribution in [3.05, 3.63) is 100 Å². The van der Waals surface area contributed by atoms with Crippen molar-refractivity contribution >= 4 is 5.91 Å². The smallest absolute Gasteiger partial charge is 0.273 e. The molecule has 3 aromatic carbocycles. The maximum absolute atomic E-state index is 13.6. The number of fused-ring (bicyclic) bond motifs is 1. The number of phenolic OH excluding ortho intramolecular Hbond substituents is 1. The number of ether oxygens (including phenoxy) is 1. The molecule has 6 heteroatoms. The summed E-state index contributed by atoms with van der Waals surface area (Å²) >= 11 is 0. The molecular weight excluding hydrogens is 438 g/mol. The van der Waals surface area contributed by atoms with Gasteiger partial charge < -0.3 is 14.7 Å². The first-order valence-electron chi connectivity index (χ1n) is 11.9. The van der Waals surface area contributed by atoms with Crippen LogP contribution in [0.2, 0.25) is 0 Å². The summed E-state index contributed by atoms with van der Waals surface area (Å²) in [5.41, 5.74) is 6.39. The van der Waals surface area contributed by atoms with E-state index in [1.807, 2.05) is 79.4 Å². The molecule has 2 heterocycles. The number of H-pyrrole nitrogens is 1. The second kappa shape index (κ2) is 9.29. The number of rotatable bonds is 7. The summed E-state index contributed by atoms with van der Waals surface area (Å²) in [7, 11) is 0. The van der Waals surface area contributed by atoms with Crippen LogP contribution in [-0.4, -0.2) is 32.7 Å². The molecule has 5 rings (SSSR count). The Morgan fingerprint density at radius 3 is 2.49 bits per heavy atom. The highest BCUT2D eigenvalue weighted by Gasteiger charge is 2.42. The van der Waals surface area contributed by atoms with Gasteiger partial charge in [-0.1, -0.05) is 55.5 Å². The van der Waals surface area contributed by atoms with Crippen molar-refractivity contribution in [2.24, 2.45) is 0 Å². The third-order valence-electron chi connectivity index (χ3n) is 6.42. The molecule has 1 aromatic heterocycles. The van der Waals surface area contributed by atoms with Crippen LogP contribution in [0.25, 0.3) is 11.3 Å². The number of hydrogen-bond acceptors (Lipinski definition) is 4. The summed E-state index contributed by atoms with van der Waals surface area (Å²) in [6, 6.07) is 21.3. The minimum atomic E-state index is -0.355. The summed E-state index contributed by atoms with van der Waals surface area (Å²) in [6.07, 6.45) is 0.935. The first-order valence-corrected chi connectivity index (χ1v) is 11.9. The van der Waals surface area contributed by atoms with E-state index in [1.54, 1.807) is 6.07 Å². The van der Waals surface area contributed by atoms with Crippen molar-refractivity contribution in [2.75, 3.05) is 6.61 Å². The highest BCUT2D eigenvalue weighted by atomic mass is 16.5. The molecule has 0 bridgehead atoms. The molecule has 1 unspecified atom stereocenters. The second-order valence-electron chi connectivity index (χ2n) is 9.08. The van der Waals surface area contributed by atoms with Crippen molar-refractivity contribution in [2.45, 2.75) is 39.8 Å². The fraction of sp³-hybridized carbons (Fsp3) is 0.241. The zero-order valence-corrected chi connectivity index (χ0v) is 20.2. The van der Waals surface area contributed by atoms with Crippen LogP contribution in [0.15, 0.2) is 66.7 Å². The third kappa shape index (κ3) is 4.16. The van der Waals surface area contributed by atoms with Crippen molar-refractivity contribution in [1.29, 1.82) is 0 Å². The summed E-state index contributed by atoms with van der Waals surface area (Å²) in [6.45, 7) is 7.09. The van der Waals surface area contributed by atoms with E-state index in [4.69, 9.17) is 4.74 Å². The van der Waals surface area contributed by atoms with Gasteiger partial charge in [-0.25, -0.2) is 0 Å². The minimum Gasteiger partial charge on any atom is -0.507 e. The number of amides is 1. The number of carbonyl (C=O) groups excluding carboxylic acids is 1. The van der Waals surface area contributed by atoms with Crippen molar-refractivity contribution in [1.82, 2.24) is 15.1 Å². The van der Waals surface area contributed by atoms with Crippen LogP contribution in [0.4, 0.5) is 0 Å². The first kappa shape index (κ1) is 22.7. The molecule has 0 spiro atoms. The number of benzene rings is 3. The molecular formula is C29H29N3O3. The summed E-state index contributed by atoms with van der Waals surface area (Å²) in [4.78, 5) is 15.5. The van der Waals surface area contributed by atoms with Crippen molar-refractivity contribution in [3.63, 3.8) is 0 Å². The van der Waals surface area contributed by atoms with Crippen LogP contribution >= 0.6 is 0 Å². The summed E-state index contributed by atoms with van der Waals surface area (Å²) < 4.78 is 5.77. The highest BCUT2D eigenvalue weighted by molar-refractivity contribution is 6.00. The largest absolute Gasteiger partial charge is 0.507 e. The Morgan fingerprint density at radius 2 is 1.80 bits per heavy atom. The van der Waals surface area contributed by atoms with Gasteiger partial charge in [0.05, 0.1) is 12.6 Å². The lowest BCUT2D eigenvalue weighted by Gasteiger charge is -2.27. The maximum atomic E-state index is 13.6. The number of nitrogens with zero attached hydrogens (tertiary/aromatic N) is 2. The standard InChI is InChI=1S/C29H29N3O3/c1-4-14-35-22-12-10-21(11-13-22)28-25-26(24-19(3)15-18(2)16-23(24)33)30-31-27(25)29(34)32(28)17-20-8-6-5-7-9-20/h5-13,15-16,28,33H,4,14,17H2,1-3H3,(H,30,31). The van der Waals surface area contributed by atoms with E-state index in [9.17, 15) is 9.90 Å². The number of hydrogen-bond donors (Lipinski definition) is 2. The van der Waals surface area contributed by atoms with Crippen LogP contribution in [0.1, 0.15) is 57.7 Å². The van der Waals surface area contributed by atoms with Gasteiger partial charge in [-0.2, -0.15) is 5.10 Å². The van der Waals surface area contributed by atoms with E-state index in [1.165, 1.54) is 0 Å². The molecule has 4 aromatic rings. The van der Waals surface area contributed by atoms with Crippen LogP contribution in [-0.2, 0) is 6.54 Å². The quantitative estimate of drug-likeness (QED) is 0.353. The summed E-state index contributed by atoms with van der Waals surface area (Å²) in [5, 5.41) is 18.4. The molecule has 1 aliphatic rings. The lowest BCUT2D eigenvalue weighted by Crippen LogP contribution is -2.29. The third-order valence-corrected chi connectivity index (χ3v) is 6.42. The first-order chi connectivity index (χ1) is 17.0. The van der Waals surface area contributed by atoms with Gasteiger partial charge in [0, 0.05) is 17.7 Å². The number of aromatic nitrogens is 2. The van der Waals surface area contributed by atoms with Crippen LogP contribution < -0.4 is 4.74 Å². The van der Waals surface area contributed by atoms with E-state index in [-0.39, 0.29) is 17.7 Å². The lowest BCUT2D eigenvalue weighted by molar-refractivity contribution is 0.0730. The normalized spacial score (nSPS) is 14.9. The van der Waals surface area contributed by atoms with Gasteiger partial charge in [-0.05, 0) is 60.7 Å². The Morgan fingerprint density at radius 1 is 1.06 bits per heavy atom. The zero-order valence-electron chi connectivity index (χ0n) is 20.2. The Hall–Kier alpha value is -4.06. The minimum absolute atomic E-state index is 0.108. The average Bonchev–Trinajstić information content (AvgIpc) is 3.37. The molecule has 0 fully saturated rings. The number of aryl methyl sites for hydroxylation is 2. The molecule has 35 heavy (non-hydrogen) atoms. The van der Waals surface area contributed by atoms with Gasteiger partial charge in [0.1, 0.15) is 22.9 Å². The topological polar surface area (TPSA) is 78.5 Å². The molecule has 1 amide bonds. The highest BCUT2D eigenvalue weighted by Crippen LogP contribution is 2.46. The Bertz CT molecular complexity index is 1340. The number of aromatic amines is 1. The Balaban J connectivity index is 1.63. The average molecular weight is 468 g/mol. The number of phenols is 1. The molecule has 178 valence electrons. The molecule has 1 atom stereocenters. The van der Waals surface area contributed by atoms with Gasteiger partial charge in [0.15, 0.2) is 0 Å². The number of nitrogens with one attached hydrogen (secondary N) is 1. The predicted molar refractivity (Wildman–Crippen MR) is 136 cm³/mol. The van der Waals surface area contributed by atoms with Crippen molar-refractivity contribution in [3.8, 4) is 22.8 Å². The zero-order chi connectivity index (χ0) is 24.5. The molecule has 0 saturated heterocycles. The van der Waals surface area contributed by atoms with E-state index >= 15 is 0 Å². The second-order valence-corrected chi connectivity index (χ2v) is 9.08. The van der Waals surface area contributed by atoms with Gasteiger partial charge >= 0.3 is 0 Å². The predicted octanol–water partition coefficient (Wildman–Crippen LogP) is 5.93. The van der Waals surface area contributed by atoms with E-state index in [2.05, 4.69) is 17.1 Å². The number of carbonyl (C=O) groups is 1. The van der Waals surface area contributed by atoms with Crippen LogP contribution in [0.5, 0.6) is 11.5 Å². The summed E-state index contributed by atoms with van der Waals surface area (Å²) in [5.74, 6) is 0.852. The number of aromatic hydroxyl groups is 1. The fourth-order valence-corrected chi connectivity index (χ4v) is 4.90. The van der Waals surface area contributed by atoms with Gasteiger partial charge in [0.25, 0.3) is 5.91 Å². The molecule has 0 aliphatic carbocycles. The van der Waals surface area contributed by atoms with Crippen LogP contribution in [0, 0.1) is 13.8 Å². The van der Waals surface area contributed by atoms with E-state index in [0.29, 0.717) is 30.1 Å². The molecule has 1 aliphatic heterocycles. The van der Waals surface area contributed by atoms with Gasteiger partial charge in [-0.3, -0.25) is 9.89 Å². The maximum Gasteiger partial charge on any atom is 0.273 e. The van der Waals surface area contributed by atoms with E-state index in [0.717, 1.165) is 40.0 Å². The molecule has 2 N–H and O–H groups in total. The molecule has 0 saturated carbocycles. The Labute approximate surface area is 205 Å².